The van der Waals surface area contributed by atoms with Crippen molar-refractivity contribution in [2.24, 2.45) is 0 Å². The molecule has 1 aliphatic rings. The third-order valence-electron chi connectivity index (χ3n) is 4.00. The fraction of sp³-hybridized carbons (Fsp3) is 0.278. The van der Waals surface area contributed by atoms with Gasteiger partial charge in [0.25, 0.3) is 5.91 Å². The number of carbonyl (C=O) groups excluding carboxylic acids is 1. The molecule has 2 aromatic carbocycles. The number of hydrogen-bond donors (Lipinski definition) is 1. The maximum Gasteiger partial charge on any atom is 0.253 e. The first-order valence-electron chi connectivity index (χ1n) is 7.69. The second-order valence-electron chi connectivity index (χ2n) is 5.75. The van der Waals surface area contributed by atoms with E-state index in [9.17, 15) is 9.18 Å². The van der Waals surface area contributed by atoms with Crippen molar-refractivity contribution in [2.45, 2.75) is 18.9 Å². The number of nitrogens with zero attached hydrogens (tertiary/aromatic N) is 1. The average Bonchev–Trinajstić information content (AvgIpc) is 2.56. The van der Waals surface area contributed by atoms with Gasteiger partial charge in [0.15, 0.2) is 0 Å². The fourth-order valence-corrected chi connectivity index (χ4v) is 3.26. The van der Waals surface area contributed by atoms with Crippen molar-refractivity contribution in [1.82, 2.24) is 4.90 Å². The Balaban J connectivity index is 1.66. The lowest BCUT2D eigenvalue weighted by molar-refractivity contribution is 0.0715. The van der Waals surface area contributed by atoms with Crippen LogP contribution < -0.4 is 5.32 Å². The van der Waals surface area contributed by atoms with Crippen LogP contribution in [0.4, 0.5) is 10.1 Å². The molecule has 1 saturated heterocycles. The monoisotopic (exact) mass is 376 g/mol. The molecule has 1 fully saturated rings. The van der Waals surface area contributed by atoms with Gasteiger partial charge in [-0.2, -0.15) is 0 Å². The van der Waals surface area contributed by atoms with E-state index in [2.05, 4.69) is 21.2 Å². The second-order valence-corrected chi connectivity index (χ2v) is 6.67. The van der Waals surface area contributed by atoms with Crippen molar-refractivity contribution in [1.29, 1.82) is 0 Å². The van der Waals surface area contributed by atoms with Gasteiger partial charge in [-0.05, 0) is 55.3 Å². The molecule has 1 aliphatic heterocycles. The minimum absolute atomic E-state index is 0.0527. The van der Waals surface area contributed by atoms with Gasteiger partial charge in [-0.15, -0.1) is 0 Å². The molecule has 0 radical (unpaired) electrons. The standard InChI is InChI=1S/C18H18BrFN2O/c19-14-4-1-3-13(11-14)18(23)22-10-2-5-17(12-22)21-16-8-6-15(20)7-9-16/h1,3-4,6-9,11,17,21H,2,5,10,12H2. The zero-order valence-electron chi connectivity index (χ0n) is 12.6. The van der Waals surface area contributed by atoms with Crippen molar-refractivity contribution in [3.8, 4) is 0 Å². The summed E-state index contributed by atoms with van der Waals surface area (Å²) in [6.07, 6.45) is 1.96. The Morgan fingerprint density at radius 3 is 2.74 bits per heavy atom. The number of halogens is 2. The number of rotatable bonds is 3. The summed E-state index contributed by atoms with van der Waals surface area (Å²) in [7, 11) is 0. The van der Waals surface area contributed by atoms with Crippen LogP contribution in [-0.2, 0) is 0 Å². The minimum Gasteiger partial charge on any atom is -0.381 e. The van der Waals surface area contributed by atoms with Crippen LogP contribution in [0.15, 0.2) is 53.0 Å². The molecule has 1 unspecified atom stereocenters. The number of nitrogens with one attached hydrogen (secondary N) is 1. The van der Waals surface area contributed by atoms with E-state index >= 15 is 0 Å². The van der Waals surface area contributed by atoms with Crippen LogP contribution in [0, 0.1) is 5.82 Å². The van der Waals surface area contributed by atoms with Crippen LogP contribution in [0.2, 0.25) is 0 Å². The van der Waals surface area contributed by atoms with Crippen molar-refractivity contribution in [2.75, 3.05) is 18.4 Å². The average molecular weight is 377 g/mol. The molecule has 0 bridgehead atoms. The van der Waals surface area contributed by atoms with Gasteiger partial charge in [0.1, 0.15) is 5.82 Å². The summed E-state index contributed by atoms with van der Waals surface area (Å²) in [5, 5.41) is 3.39. The van der Waals surface area contributed by atoms with Crippen LogP contribution in [-0.4, -0.2) is 29.9 Å². The summed E-state index contributed by atoms with van der Waals surface area (Å²) < 4.78 is 13.9. The Labute approximate surface area is 143 Å². The van der Waals surface area contributed by atoms with Crippen LogP contribution >= 0.6 is 15.9 Å². The molecular formula is C18H18BrFN2O. The quantitative estimate of drug-likeness (QED) is 0.865. The van der Waals surface area contributed by atoms with E-state index < -0.39 is 0 Å². The maximum atomic E-state index is 13.0. The lowest BCUT2D eigenvalue weighted by atomic mass is 10.0. The first-order chi connectivity index (χ1) is 11.1. The molecule has 23 heavy (non-hydrogen) atoms. The van der Waals surface area contributed by atoms with E-state index in [4.69, 9.17) is 0 Å². The molecule has 3 nitrogen and oxygen atoms in total. The zero-order valence-corrected chi connectivity index (χ0v) is 14.2. The van der Waals surface area contributed by atoms with E-state index in [0.29, 0.717) is 12.1 Å². The predicted molar refractivity (Wildman–Crippen MR) is 93.1 cm³/mol. The van der Waals surface area contributed by atoms with Gasteiger partial charge in [0, 0.05) is 34.9 Å². The molecule has 1 N–H and O–H groups in total. The van der Waals surface area contributed by atoms with Crippen LogP contribution in [0.25, 0.3) is 0 Å². The topological polar surface area (TPSA) is 32.3 Å². The van der Waals surface area contributed by atoms with E-state index in [0.717, 1.165) is 29.5 Å². The predicted octanol–water partition coefficient (Wildman–Crippen LogP) is 4.30. The lowest BCUT2D eigenvalue weighted by Gasteiger charge is -2.33. The molecule has 120 valence electrons. The number of anilines is 1. The fourth-order valence-electron chi connectivity index (χ4n) is 2.87. The minimum atomic E-state index is -0.245. The number of carbonyl (C=O) groups is 1. The van der Waals surface area contributed by atoms with Crippen LogP contribution in [0.3, 0.4) is 0 Å². The van der Waals surface area contributed by atoms with Gasteiger partial charge in [-0.3, -0.25) is 4.79 Å². The summed E-state index contributed by atoms with van der Waals surface area (Å²) >= 11 is 3.40. The molecule has 0 spiro atoms. The maximum absolute atomic E-state index is 13.0. The van der Waals surface area contributed by atoms with Crippen LogP contribution in [0.1, 0.15) is 23.2 Å². The van der Waals surface area contributed by atoms with Crippen LogP contribution in [0.5, 0.6) is 0 Å². The molecular weight excluding hydrogens is 359 g/mol. The third-order valence-corrected chi connectivity index (χ3v) is 4.49. The molecule has 2 aromatic rings. The highest BCUT2D eigenvalue weighted by molar-refractivity contribution is 9.10. The summed E-state index contributed by atoms with van der Waals surface area (Å²) in [5.41, 5.74) is 1.58. The molecule has 1 atom stereocenters. The number of amides is 1. The molecule has 0 aliphatic carbocycles. The van der Waals surface area contributed by atoms with Gasteiger partial charge in [-0.1, -0.05) is 22.0 Å². The van der Waals surface area contributed by atoms with E-state index in [-0.39, 0.29) is 17.8 Å². The summed E-state index contributed by atoms with van der Waals surface area (Å²) in [6.45, 7) is 1.43. The van der Waals surface area contributed by atoms with Crippen molar-refractivity contribution in [3.63, 3.8) is 0 Å². The van der Waals surface area contributed by atoms with E-state index in [1.807, 2.05) is 29.2 Å². The summed E-state index contributed by atoms with van der Waals surface area (Å²) in [6, 6.07) is 14.0. The smallest absolute Gasteiger partial charge is 0.253 e. The molecule has 1 amide bonds. The lowest BCUT2D eigenvalue weighted by Crippen LogP contribution is -2.45. The summed E-state index contributed by atoms with van der Waals surface area (Å²) in [4.78, 5) is 14.5. The van der Waals surface area contributed by atoms with Gasteiger partial charge >= 0.3 is 0 Å². The van der Waals surface area contributed by atoms with Gasteiger partial charge in [-0.25, -0.2) is 4.39 Å². The third kappa shape index (κ3) is 4.10. The normalized spacial score (nSPS) is 17.8. The molecule has 0 saturated carbocycles. The number of piperidine rings is 1. The van der Waals surface area contributed by atoms with Gasteiger partial charge in [0.05, 0.1) is 0 Å². The van der Waals surface area contributed by atoms with Gasteiger partial charge < -0.3 is 10.2 Å². The number of benzene rings is 2. The van der Waals surface area contributed by atoms with Gasteiger partial charge in [0.2, 0.25) is 0 Å². The first kappa shape index (κ1) is 16.0. The molecule has 5 heteroatoms. The highest BCUT2D eigenvalue weighted by Crippen LogP contribution is 2.19. The highest BCUT2D eigenvalue weighted by atomic mass is 79.9. The van der Waals surface area contributed by atoms with Crippen molar-refractivity contribution >= 4 is 27.5 Å². The SMILES string of the molecule is O=C(c1cccc(Br)c1)N1CCCC(Nc2ccc(F)cc2)C1. The highest BCUT2D eigenvalue weighted by Gasteiger charge is 2.24. The Kier molecular flexibility index (Phi) is 4.96. The Morgan fingerprint density at radius 2 is 2.00 bits per heavy atom. The van der Waals surface area contributed by atoms with Crippen molar-refractivity contribution in [3.05, 3.63) is 64.4 Å². The zero-order chi connectivity index (χ0) is 16.2. The molecule has 1 heterocycles. The molecule has 3 rings (SSSR count). The van der Waals surface area contributed by atoms with E-state index in [1.165, 1.54) is 12.1 Å². The Bertz CT molecular complexity index is 690. The second kappa shape index (κ2) is 7.13. The number of hydrogen-bond acceptors (Lipinski definition) is 2. The Hall–Kier alpha value is -1.88. The first-order valence-corrected chi connectivity index (χ1v) is 8.48. The number of likely N-dealkylation sites (tertiary alicyclic amines) is 1. The van der Waals surface area contributed by atoms with Crippen molar-refractivity contribution < 1.29 is 9.18 Å². The molecule has 0 aromatic heterocycles. The summed E-state index contributed by atoms with van der Waals surface area (Å²) in [5.74, 6) is -0.192. The Morgan fingerprint density at radius 1 is 1.22 bits per heavy atom. The largest absolute Gasteiger partial charge is 0.381 e. The van der Waals surface area contributed by atoms with E-state index in [1.54, 1.807) is 12.1 Å².